The maximum absolute atomic E-state index is 12.6. The van der Waals surface area contributed by atoms with Gasteiger partial charge in [0.2, 0.25) is 0 Å². The van der Waals surface area contributed by atoms with Gasteiger partial charge in [0.05, 0.1) is 19.9 Å². The number of nitrogens with one attached hydrogen (secondary N) is 2. The van der Waals surface area contributed by atoms with Crippen LogP contribution in [-0.2, 0) is 5.41 Å². The molecule has 0 saturated carbocycles. The first-order valence-electron chi connectivity index (χ1n) is 11.2. The minimum absolute atomic E-state index is 0.0225. The number of amides is 2. The Hall–Kier alpha value is -4.13. The fourth-order valence-electron chi connectivity index (χ4n) is 3.39. The molecule has 3 rings (SSSR count). The van der Waals surface area contributed by atoms with Gasteiger partial charge in [-0.25, -0.2) is 5.43 Å². The van der Waals surface area contributed by atoms with E-state index in [4.69, 9.17) is 9.47 Å². The summed E-state index contributed by atoms with van der Waals surface area (Å²) >= 11 is 0. The van der Waals surface area contributed by atoms with Gasteiger partial charge in [-0.05, 0) is 66.4 Å². The van der Waals surface area contributed by atoms with Crippen LogP contribution in [0.5, 0.6) is 11.5 Å². The maximum atomic E-state index is 12.6. The van der Waals surface area contributed by atoms with Crippen molar-refractivity contribution >= 4 is 23.2 Å². The zero-order valence-electron chi connectivity index (χ0n) is 20.9. The van der Waals surface area contributed by atoms with Crippen molar-refractivity contribution in [2.75, 3.05) is 19.5 Å². The average Bonchev–Trinajstić information content (AvgIpc) is 2.86. The molecule has 35 heavy (non-hydrogen) atoms. The first kappa shape index (κ1) is 25.5. The van der Waals surface area contributed by atoms with Crippen molar-refractivity contribution in [3.05, 3.63) is 89.0 Å². The monoisotopic (exact) mass is 473 g/mol. The van der Waals surface area contributed by atoms with Gasteiger partial charge in [0, 0.05) is 28.4 Å². The van der Waals surface area contributed by atoms with E-state index in [1.54, 1.807) is 57.5 Å². The number of methoxy groups -OCH3 is 2. The molecule has 3 aromatic rings. The quantitative estimate of drug-likeness (QED) is 0.355. The molecule has 0 unspecified atom stereocenters. The van der Waals surface area contributed by atoms with E-state index in [1.807, 2.05) is 30.3 Å². The van der Waals surface area contributed by atoms with Crippen molar-refractivity contribution in [1.29, 1.82) is 0 Å². The number of nitrogens with zero attached hydrogens (tertiary/aromatic N) is 1. The van der Waals surface area contributed by atoms with Crippen LogP contribution < -0.4 is 20.2 Å². The molecular formula is C28H31N3O4. The first-order valence-corrected chi connectivity index (χ1v) is 11.2. The Morgan fingerprint density at radius 3 is 1.97 bits per heavy atom. The fraction of sp³-hybridized carbons (Fsp3) is 0.250. The summed E-state index contributed by atoms with van der Waals surface area (Å²) in [5.41, 5.74) is 6.63. The van der Waals surface area contributed by atoms with Gasteiger partial charge >= 0.3 is 0 Å². The highest BCUT2D eigenvalue weighted by atomic mass is 16.5. The number of carbonyl (C=O) groups is 2. The highest BCUT2D eigenvalue weighted by molar-refractivity contribution is 6.05. The van der Waals surface area contributed by atoms with Crippen LogP contribution in [0, 0.1) is 0 Å². The van der Waals surface area contributed by atoms with Crippen LogP contribution in [0.3, 0.4) is 0 Å². The van der Waals surface area contributed by atoms with E-state index in [0.29, 0.717) is 34.0 Å². The van der Waals surface area contributed by atoms with E-state index in [-0.39, 0.29) is 17.2 Å². The first-order chi connectivity index (χ1) is 16.6. The number of hydrazone groups is 1. The molecule has 0 aromatic heterocycles. The summed E-state index contributed by atoms with van der Waals surface area (Å²) in [6.45, 7) is 8.16. The Morgan fingerprint density at radius 2 is 1.40 bits per heavy atom. The number of carbonyl (C=O) groups excluding carboxylic acids is 2. The lowest BCUT2D eigenvalue weighted by atomic mass is 9.87. The van der Waals surface area contributed by atoms with E-state index in [1.165, 1.54) is 0 Å². The molecule has 7 nitrogen and oxygen atoms in total. The van der Waals surface area contributed by atoms with Crippen LogP contribution in [0.4, 0.5) is 5.69 Å². The largest absolute Gasteiger partial charge is 0.497 e. The van der Waals surface area contributed by atoms with Crippen molar-refractivity contribution < 1.29 is 19.1 Å². The number of rotatable bonds is 7. The van der Waals surface area contributed by atoms with Crippen molar-refractivity contribution in [2.45, 2.75) is 33.1 Å². The summed E-state index contributed by atoms with van der Waals surface area (Å²) in [5.74, 6) is 0.674. The van der Waals surface area contributed by atoms with Gasteiger partial charge in [-0.15, -0.1) is 0 Å². The fourth-order valence-corrected chi connectivity index (χ4v) is 3.39. The Balaban J connectivity index is 1.63. The molecule has 0 aliphatic heterocycles. The van der Waals surface area contributed by atoms with Crippen LogP contribution in [0.25, 0.3) is 0 Å². The minimum Gasteiger partial charge on any atom is -0.497 e. The molecule has 0 fully saturated rings. The third-order valence-electron chi connectivity index (χ3n) is 5.54. The number of anilines is 1. The Labute approximate surface area is 206 Å². The summed E-state index contributed by atoms with van der Waals surface area (Å²) in [6.07, 6.45) is 0. The third-order valence-corrected chi connectivity index (χ3v) is 5.54. The number of benzene rings is 3. The van der Waals surface area contributed by atoms with Crippen LogP contribution in [0.1, 0.15) is 59.5 Å². The highest BCUT2D eigenvalue weighted by Crippen LogP contribution is 2.25. The molecule has 0 bridgehead atoms. The van der Waals surface area contributed by atoms with Gasteiger partial charge in [-0.2, -0.15) is 5.10 Å². The molecule has 0 atom stereocenters. The summed E-state index contributed by atoms with van der Waals surface area (Å²) in [7, 11) is 3.14. The second kappa shape index (κ2) is 10.9. The van der Waals surface area contributed by atoms with E-state index >= 15 is 0 Å². The molecule has 0 aliphatic carbocycles. The zero-order valence-corrected chi connectivity index (χ0v) is 20.9. The molecule has 2 amide bonds. The van der Waals surface area contributed by atoms with E-state index in [2.05, 4.69) is 36.6 Å². The van der Waals surface area contributed by atoms with Gasteiger partial charge in [0.1, 0.15) is 11.5 Å². The van der Waals surface area contributed by atoms with Crippen LogP contribution in [-0.4, -0.2) is 31.7 Å². The lowest BCUT2D eigenvalue weighted by Crippen LogP contribution is -2.19. The van der Waals surface area contributed by atoms with Gasteiger partial charge < -0.3 is 14.8 Å². The van der Waals surface area contributed by atoms with E-state index < -0.39 is 0 Å². The van der Waals surface area contributed by atoms with Crippen molar-refractivity contribution in [3.8, 4) is 11.5 Å². The Morgan fingerprint density at radius 1 is 0.800 bits per heavy atom. The SMILES string of the molecule is COc1ccc(C(C)=NNC(=O)c2ccc(NC(=O)c3ccc(C(C)(C)C)cc3)cc2)c(OC)c1. The molecule has 182 valence electrons. The zero-order chi connectivity index (χ0) is 25.6. The van der Waals surface area contributed by atoms with Gasteiger partial charge in [-0.1, -0.05) is 32.9 Å². The molecule has 7 heteroatoms. The van der Waals surface area contributed by atoms with Gasteiger partial charge in [0.25, 0.3) is 11.8 Å². The molecule has 0 saturated heterocycles. The number of hydrogen-bond donors (Lipinski definition) is 2. The smallest absolute Gasteiger partial charge is 0.271 e. The molecule has 0 heterocycles. The molecule has 0 aliphatic rings. The van der Waals surface area contributed by atoms with Crippen molar-refractivity contribution in [3.63, 3.8) is 0 Å². The Kier molecular flexibility index (Phi) is 7.91. The summed E-state index contributed by atoms with van der Waals surface area (Å²) in [4.78, 5) is 25.1. The maximum Gasteiger partial charge on any atom is 0.271 e. The highest BCUT2D eigenvalue weighted by Gasteiger charge is 2.15. The summed E-state index contributed by atoms with van der Waals surface area (Å²) < 4.78 is 10.6. The van der Waals surface area contributed by atoms with Crippen molar-refractivity contribution in [1.82, 2.24) is 5.43 Å². The number of ether oxygens (including phenoxy) is 2. The minimum atomic E-state index is -0.368. The second-order valence-electron chi connectivity index (χ2n) is 9.06. The lowest BCUT2D eigenvalue weighted by molar-refractivity contribution is 0.0954. The third kappa shape index (κ3) is 6.47. The van der Waals surface area contributed by atoms with Crippen LogP contribution in [0.15, 0.2) is 71.8 Å². The molecule has 3 aromatic carbocycles. The molecular weight excluding hydrogens is 442 g/mol. The Bertz CT molecular complexity index is 1220. The predicted molar refractivity (Wildman–Crippen MR) is 139 cm³/mol. The van der Waals surface area contributed by atoms with Crippen molar-refractivity contribution in [2.24, 2.45) is 5.10 Å². The molecule has 2 N–H and O–H groups in total. The summed E-state index contributed by atoms with van der Waals surface area (Å²) in [5, 5.41) is 7.05. The van der Waals surface area contributed by atoms with Crippen LogP contribution >= 0.6 is 0 Å². The van der Waals surface area contributed by atoms with Crippen LogP contribution in [0.2, 0.25) is 0 Å². The standard InChI is InChI=1S/C28H31N3O4/c1-18(24-16-15-23(34-5)17-25(24)35-6)30-31-27(33)20-9-13-22(14-10-20)29-26(32)19-7-11-21(12-8-19)28(2,3)4/h7-17H,1-6H3,(H,29,32)(H,31,33). The average molecular weight is 474 g/mol. The van der Waals surface area contributed by atoms with Gasteiger partial charge in [0.15, 0.2) is 0 Å². The normalized spacial score (nSPS) is 11.5. The topological polar surface area (TPSA) is 89.0 Å². The molecule has 0 radical (unpaired) electrons. The predicted octanol–water partition coefficient (Wildman–Crippen LogP) is 5.41. The van der Waals surface area contributed by atoms with Gasteiger partial charge in [-0.3, -0.25) is 9.59 Å². The number of hydrogen-bond acceptors (Lipinski definition) is 5. The van der Waals surface area contributed by atoms with E-state index in [9.17, 15) is 9.59 Å². The lowest BCUT2D eigenvalue weighted by Gasteiger charge is -2.19. The summed E-state index contributed by atoms with van der Waals surface area (Å²) in [6, 6.07) is 19.5. The van der Waals surface area contributed by atoms with E-state index in [0.717, 1.165) is 11.1 Å². The second-order valence-corrected chi connectivity index (χ2v) is 9.06. The molecule has 0 spiro atoms.